The molecule has 1 rings (SSSR count). The average Bonchev–Trinajstić information content (AvgIpc) is 2.40. The van der Waals surface area contributed by atoms with Gasteiger partial charge in [0.2, 0.25) is 0 Å². The van der Waals surface area contributed by atoms with Crippen LogP contribution in [0.4, 0.5) is 0 Å². The summed E-state index contributed by atoms with van der Waals surface area (Å²) in [5.74, 6) is 0.981. The summed E-state index contributed by atoms with van der Waals surface area (Å²) in [6.45, 7) is 2.08. The fourth-order valence-electron chi connectivity index (χ4n) is 0.802. The van der Waals surface area contributed by atoms with E-state index in [0.29, 0.717) is 0 Å². The molecule has 0 spiro atoms. The van der Waals surface area contributed by atoms with Crippen LogP contribution < -0.4 is 5.73 Å². The molecule has 0 fully saturated rings. The monoisotopic (exact) mass is 139 g/mol. The predicted molar refractivity (Wildman–Crippen MR) is 40.6 cm³/mol. The van der Waals surface area contributed by atoms with E-state index in [1.807, 2.05) is 6.20 Å². The van der Waals surface area contributed by atoms with Gasteiger partial charge >= 0.3 is 0 Å². The average molecular weight is 139 g/mol. The molecule has 0 aliphatic carbocycles. The summed E-state index contributed by atoms with van der Waals surface area (Å²) in [4.78, 5) is 7.08. The summed E-state index contributed by atoms with van der Waals surface area (Å²) in [6, 6.07) is 0.242. The SMILES string of the molecule is CC[C@@H](N)Cc1ncc[nH]1. The summed E-state index contributed by atoms with van der Waals surface area (Å²) in [5, 5.41) is 0. The Hall–Kier alpha value is -0.830. The lowest BCUT2D eigenvalue weighted by molar-refractivity contribution is 0.629. The summed E-state index contributed by atoms with van der Waals surface area (Å²) in [6.07, 6.45) is 5.42. The number of nitrogens with zero attached hydrogens (tertiary/aromatic N) is 1. The summed E-state index contributed by atoms with van der Waals surface area (Å²) < 4.78 is 0. The molecule has 0 unspecified atom stereocenters. The second-order valence-electron chi connectivity index (χ2n) is 2.41. The standard InChI is InChI=1S/C7H13N3/c1-2-6(8)5-7-9-3-4-10-7/h3-4,6H,2,5,8H2,1H3,(H,9,10)/t6-/m1/s1. The molecule has 0 saturated heterocycles. The first-order valence-electron chi connectivity index (χ1n) is 3.56. The first-order valence-corrected chi connectivity index (χ1v) is 3.56. The van der Waals surface area contributed by atoms with Crippen molar-refractivity contribution in [3.8, 4) is 0 Å². The molecule has 0 amide bonds. The minimum atomic E-state index is 0.242. The van der Waals surface area contributed by atoms with E-state index in [-0.39, 0.29) is 6.04 Å². The predicted octanol–water partition coefficient (Wildman–Crippen LogP) is 0.690. The summed E-state index contributed by atoms with van der Waals surface area (Å²) >= 11 is 0. The quantitative estimate of drug-likeness (QED) is 0.647. The lowest BCUT2D eigenvalue weighted by atomic mass is 10.2. The van der Waals surface area contributed by atoms with Crippen LogP contribution in [0.25, 0.3) is 0 Å². The molecule has 3 N–H and O–H groups in total. The number of rotatable bonds is 3. The van der Waals surface area contributed by atoms with Crippen LogP contribution in [-0.4, -0.2) is 16.0 Å². The summed E-state index contributed by atoms with van der Waals surface area (Å²) in [7, 11) is 0. The largest absolute Gasteiger partial charge is 0.349 e. The number of aromatic amines is 1. The molecule has 56 valence electrons. The van der Waals surface area contributed by atoms with Gasteiger partial charge in [0.1, 0.15) is 5.82 Å². The second-order valence-corrected chi connectivity index (χ2v) is 2.41. The molecule has 0 aromatic carbocycles. The van der Waals surface area contributed by atoms with Gasteiger partial charge in [-0.15, -0.1) is 0 Å². The Morgan fingerprint density at radius 3 is 3.10 bits per heavy atom. The van der Waals surface area contributed by atoms with Gasteiger partial charge in [-0.2, -0.15) is 0 Å². The zero-order valence-electron chi connectivity index (χ0n) is 6.17. The maximum absolute atomic E-state index is 5.70. The Morgan fingerprint density at radius 2 is 2.60 bits per heavy atom. The highest BCUT2D eigenvalue weighted by Gasteiger charge is 2.01. The first-order chi connectivity index (χ1) is 4.83. The minimum Gasteiger partial charge on any atom is -0.349 e. The smallest absolute Gasteiger partial charge is 0.107 e. The first kappa shape index (κ1) is 7.28. The van der Waals surface area contributed by atoms with Crippen LogP contribution in [0.1, 0.15) is 19.2 Å². The second kappa shape index (κ2) is 3.37. The van der Waals surface area contributed by atoms with Crippen molar-refractivity contribution >= 4 is 0 Å². The minimum absolute atomic E-state index is 0.242. The van der Waals surface area contributed by atoms with Crippen LogP contribution in [-0.2, 0) is 6.42 Å². The molecule has 0 radical (unpaired) electrons. The van der Waals surface area contributed by atoms with E-state index in [1.54, 1.807) is 6.20 Å². The molecule has 0 bridgehead atoms. The van der Waals surface area contributed by atoms with Gasteiger partial charge in [0.15, 0.2) is 0 Å². The normalized spacial score (nSPS) is 13.4. The van der Waals surface area contributed by atoms with Crippen molar-refractivity contribution in [1.82, 2.24) is 9.97 Å². The topological polar surface area (TPSA) is 54.7 Å². The molecular formula is C7H13N3. The summed E-state index contributed by atoms with van der Waals surface area (Å²) in [5.41, 5.74) is 5.70. The van der Waals surface area contributed by atoms with E-state index in [0.717, 1.165) is 18.7 Å². The van der Waals surface area contributed by atoms with Crippen molar-refractivity contribution in [3.05, 3.63) is 18.2 Å². The van der Waals surface area contributed by atoms with Crippen LogP contribution in [0.3, 0.4) is 0 Å². The number of nitrogens with one attached hydrogen (secondary N) is 1. The molecule has 1 atom stereocenters. The van der Waals surface area contributed by atoms with Crippen LogP contribution in [0.2, 0.25) is 0 Å². The molecular weight excluding hydrogens is 126 g/mol. The van der Waals surface area contributed by atoms with Gasteiger partial charge < -0.3 is 10.7 Å². The Balaban J connectivity index is 2.40. The van der Waals surface area contributed by atoms with E-state index in [1.165, 1.54) is 0 Å². The van der Waals surface area contributed by atoms with Crippen molar-refractivity contribution < 1.29 is 0 Å². The molecule has 3 nitrogen and oxygen atoms in total. The molecule has 0 aliphatic rings. The third-order valence-electron chi connectivity index (χ3n) is 1.53. The van der Waals surface area contributed by atoms with Crippen LogP contribution in [0.15, 0.2) is 12.4 Å². The fourth-order valence-corrected chi connectivity index (χ4v) is 0.802. The lowest BCUT2D eigenvalue weighted by Gasteiger charge is -2.04. The highest BCUT2D eigenvalue weighted by Crippen LogP contribution is 1.96. The number of nitrogens with two attached hydrogens (primary N) is 1. The van der Waals surface area contributed by atoms with E-state index in [9.17, 15) is 0 Å². The third kappa shape index (κ3) is 1.84. The van der Waals surface area contributed by atoms with Gasteiger partial charge in [0, 0.05) is 24.9 Å². The zero-order chi connectivity index (χ0) is 7.40. The van der Waals surface area contributed by atoms with Gasteiger partial charge in [-0.3, -0.25) is 0 Å². The van der Waals surface area contributed by atoms with Crippen LogP contribution in [0, 0.1) is 0 Å². The number of hydrogen-bond acceptors (Lipinski definition) is 2. The van der Waals surface area contributed by atoms with Crippen molar-refractivity contribution in [2.75, 3.05) is 0 Å². The van der Waals surface area contributed by atoms with Crippen LogP contribution in [0.5, 0.6) is 0 Å². The highest BCUT2D eigenvalue weighted by atomic mass is 14.9. The zero-order valence-corrected chi connectivity index (χ0v) is 6.17. The van der Waals surface area contributed by atoms with Crippen molar-refractivity contribution in [1.29, 1.82) is 0 Å². The van der Waals surface area contributed by atoms with Gasteiger partial charge in [-0.1, -0.05) is 6.92 Å². The molecule has 1 aromatic heterocycles. The molecule has 0 aliphatic heterocycles. The molecule has 3 heteroatoms. The molecule has 10 heavy (non-hydrogen) atoms. The van der Waals surface area contributed by atoms with Gasteiger partial charge in [0.05, 0.1) is 0 Å². The number of hydrogen-bond donors (Lipinski definition) is 2. The maximum atomic E-state index is 5.70. The Bertz CT molecular complexity index is 169. The highest BCUT2D eigenvalue weighted by molar-refractivity contribution is 4.89. The van der Waals surface area contributed by atoms with E-state index < -0.39 is 0 Å². The van der Waals surface area contributed by atoms with Crippen molar-refractivity contribution in [2.24, 2.45) is 5.73 Å². The van der Waals surface area contributed by atoms with Gasteiger partial charge in [-0.05, 0) is 6.42 Å². The van der Waals surface area contributed by atoms with E-state index >= 15 is 0 Å². The number of aromatic nitrogens is 2. The van der Waals surface area contributed by atoms with Crippen molar-refractivity contribution in [3.63, 3.8) is 0 Å². The molecule has 1 aromatic rings. The molecule has 1 heterocycles. The number of H-pyrrole nitrogens is 1. The van der Waals surface area contributed by atoms with Crippen LogP contribution >= 0.6 is 0 Å². The Morgan fingerprint density at radius 1 is 1.80 bits per heavy atom. The maximum Gasteiger partial charge on any atom is 0.107 e. The lowest BCUT2D eigenvalue weighted by Crippen LogP contribution is -2.21. The van der Waals surface area contributed by atoms with Crippen molar-refractivity contribution in [2.45, 2.75) is 25.8 Å². The molecule has 0 saturated carbocycles. The Kier molecular flexibility index (Phi) is 2.45. The Labute approximate surface area is 60.7 Å². The van der Waals surface area contributed by atoms with E-state index in [4.69, 9.17) is 5.73 Å². The fraction of sp³-hybridized carbons (Fsp3) is 0.571. The number of imidazole rings is 1. The van der Waals surface area contributed by atoms with Gasteiger partial charge in [-0.25, -0.2) is 4.98 Å². The van der Waals surface area contributed by atoms with Gasteiger partial charge in [0.25, 0.3) is 0 Å². The third-order valence-corrected chi connectivity index (χ3v) is 1.53. The van der Waals surface area contributed by atoms with E-state index in [2.05, 4.69) is 16.9 Å².